The number of rotatable bonds is 8. The molecule has 0 aliphatic heterocycles. The van der Waals surface area contributed by atoms with Crippen molar-refractivity contribution in [1.82, 2.24) is 5.32 Å². The Morgan fingerprint density at radius 2 is 1.44 bits per heavy atom. The lowest BCUT2D eigenvalue weighted by molar-refractivity contribution is -0.116. The van der Waals surface area contributed by atoms with Gasteiger partial charge in [0.2, 0.25) is 11.8 Å². The fourth-order valence-corrected chi connectivity index (χ4v) is 2.40. The summed E-state index contributed by atoms with van der Waals surface area (Å²) in [5, 5.41) is 8.86. The molecule has 2 amide bonds. The zero-order valence-electron chi connectivity index (χ0n) is 14.7. The van der Waals surface area contributed by atoms with E-state index in [2.05, 4.69) is 16.0 Å². The van der Waals surface area contributed by atoms with Crippen LogP contribution in [0.15, 0.2) is 54.6 Å². The highest BCUT2D eigenvalue weighted by atomic mass is 16.2. The zero-order valence-corrected chi connectivity index (χ0v) is 14.7. The van der Waals surface area contributed by atoms with Gasteiger partial charge in [-0.25, -0.2) is 0 Å². The minimum atomic E-state index is -0.106. The maximum Gasteiger partial charge on any atom is 0.238 e. The molecule has 5 heteroatoms. The Kier molecular flexibility index (Phi) is 7.16. The number of carbonyl (C=O) groups is 2. The van der Waals surface area contributed by atoms with E-state index < -0.39 is 0 Å². The molecule has 0 heterocycles. The van der Waals surface area contributed by atoms with Crippen LogP contribution in [0.4, 0.5) is 11.4 Å². The Morgan fingerprint density at radius 3 is 2.00 bits per heavy atom. The first-order valence-corrected chi connectivity index (χ1v) is 8.56. The lowest BCUT2D eigenvalue weighted by Gasteiger charge is -2.14. The smallest absolute Gasteiger partial charge is 0.238 e. The molecule has 3 N–H and O–H groups in total. The van der Waals surface area contributed by atoms with Gasteiger partial charge >= 0.3 is 0 Å². The highest BCUT2D eigenvalue weighted by Gasteiger charge is 2.08. The topological polar surface area (TPSA) is 70.2 Å². The largest absolute Gasteiger partial charge is 0.326 e. The fourth-order valence-electron chi connectivity index (χ4n) is 2.40. The van der Waals surface area contributed by atoms with Crippen LogP contribution in [0.25, 0.3) is 0 Å². The van der Waals surface area contributed by atoms with Crippen LogP contribution in [0.5, 0.6) is 0 Å². The lowest BCUT2D eigenvalue weighted by Crippen LogP contribution is -2.30. The summed E-state index contributed by atoms with van der Waals surface area (Å²) >= 11 is 0. The van der Waals surface area contributed by atoms with Gasteiger partial charge in [0.1, 0.15) is 0 Å². The predicted molar refractivity (Wildman–Crippen MR) is 101 cm³/mol. The lowest BCUT2D eigenvalue weighted by atomic mass is 10.1. The van der Waals surface area contributed by atoms with E-state index in [0.29, 0.717) is 12.1 Å². The van der Waals surface area contributed by atoms with E-state index in [-0.39, 0.29) is 24.4 Å². The quantitative estimate of drug-likeness (QED) is 0.686. The van der Waals surface area contributed by atoms with Crippen molar-refractivity contribution in [2.45, 2.75) is 32.7 Å². The Balaban J connectivity index is 1.79. The third-order valence-corrected chi connectivity index (χ3v) is 3.80. The number of carbonyl (C=O) groups excluding carboxylic acids is 2. The van der Waals surface area contributed by atoms with Crippen molar-refractivity contribution >= 4 is 23.2 Å². The molecule has 25 heavy (non-hydrogen) atoms. The van der Waals surface area contributed by atoms with Crippen molar-refractivity contribution in [3.05, 3.63) is 60.2 Å². The zero-order chi connectivity index (χ0) is 18.1. The molecule has 132 valence electrons. The van der Waals surface area contributed by atoms with Gasteiger partial charge in [-0.05, 0) is 43.2 Å². The number of hydrogen-bond donors (Lipinski definition) is 3. The van der Waals surface area contributed by atoms with Crippen LogP contribution < -0.4 is 16.0 Å². The molecule has 0 fully saturated rings. The molecule has 2 rings (SSSR count). The Bertz CT molecular complexity index is 684. The van der Waals surface area contributed by atoms with Crippen LogP contribution >= 0.6 is 0 Å². The van der Waals surface area contributed by atoms with Gasteiger partial charge in [0.05, 0.1) is 6.54 Å². The number of anilines is 2. The average molecular weight is 339 g/mol. The number of hydrogen-bond acceptors (Lipinski definition) is 3. The molecule has 2 aromatic rings. The second-order valence-electron chi connectivity index (χ2n) is 5.94. The summed E-state index contributed by atoms with van der Waals surface area (Å²) < 4.78 is 0. The van der Waals surface area contributed by atoms with Crippen LogP contribution in [-0.2, 0) is 9.59 Å². The van der Waals surface area contributed by atoms with E-state index in [1.165, 1.54) is 0 Å². The summed E-state index contributed by atoms with van der Waals surface area (Å²) in [6.07, 6.45) is 1.32. The third-order valence-electron chi connectivity index (χ3n) is 3.80. The van der Waals surface area contributed by atoms with E-state index in [4.69, 9.17) is 0 Å². The summed E-state index contributed by atoms with van der Waals surface area (Å²) in [4.78, 5) is 23.6. The van der Waals surface area contributed by atoms with Crippen molar-refractivity contribution in [1.29, 1.82) is 0 Å². The summed E-state index contributed by atoms with van der Waals surface area (Å²) in [5.41, 5.74) is 2.57. The Labute approximate surface area is 148 Å². The van der Waals surface area contributed by atoms with E-state index >= 15 is 0 Å². The molecule has 0 saturated heterocycles. The van der Waals surface area contributed by atoms with Crippen LogP contribution in [0.1, 0.15) is 38.3 Å². The molecule has 0 spiro atoms. The standard InChI is InChI=1S/C20H25N3O2/c1-3-7-19(24)22-17-10-12-18(13-11-17)23-20(25)14-21-15(2)16-8-5-4-6-9-16/h4-6,8-13,15,21H,3,7,14H2,1-2H3,(H,22,24)(H,23,25). The van der Waals surface area contributed by atoms with Crippen LogP contribution in [0, 0.1) is 0 Å². The highest BCUT2D eigenvalue weighted by molar-refractivity contribution is 5.93. The summed E-state index contributed by atoms with van der Waals surface area (Å²) in [6.45, 7) is 4.21. The molecule has 0 bridgehead atoms. The number of amides is 2. The van der Waals surface area contributed by atoms with Crippen molar-refractivity contribution in [3.8, 4) is 0 Å². The van der Waals surface area contributed by atoms with Crippen molar-refractivity contribution in [3.63, 3.8) is 0 Å². The number of benzene rings is 2. The van der Waals surface area contributed by atoms with Gasteiger partial charge in [0.25, 0.3) is 0 Å². The Hall–Kier alpha value is -2.66. The molecule has 5 nitrogen and oxygen atoms in total. The van der Waals surface area contributed by atoms with Gasteiger partial charge in [-0.1, -0.05) is 37.3 Å². The van der Waals surface area contributed by atoms with Crippen molar-refractivity contribution < 1.29 is 9.59 Å². The average Bonchev–Trinajstić information content (AvgIpc) is 2.62. The van der Waals surface area contributed by atoms with Gasteiger partial charge in [-0.3, -0.25) is 9.59 Å². The first kappa shape index (κ1) is 18.7. The molecule has 0 aliphatic carbocycles. The molecule has 0 radical (unpaired) electrons. The monoisotopic (exact) mass is 339 g/mol. The fraction of sp³-hybridized carbons (Fsp3) is 0.300. The molecular formula is C20H25N3O2. The van der Waals surface area contributed by atoms with Crippen LogP contribution in [0.2, 0.25) is 0 Å². The maximum atomic E-state index is 12.1. The predicted octanol–water partition coefficient (Wildman–Crippen LogP) is 3.71. The van der Waals surface area contributed by atoms with Crippen molar-refractivity contribution in [2.75, 3.05) is 17.2 Å². The first-order chi connectivity index (χ1) is 12.1. The van der Waals surface area contributed by atoms with Crippen LogP contribution in [-0.4, -0.2) is 18.4 Å². The minimum absolute atomic E-state index is 0.00150. The summed E-state index contributed by atoms with van der Waals surface area (Å²) in [5.74, 6) is -0.107. The number of nitrogens with one attached hydrogen (secondary N) is 3. The van der Waals surface area contributed by atoms with Gasteiger partial charge in [-0.15, -0.1) is 0 Å². The summed E-state index contributed by atoms with van der Waals surface area (Å²) in [6, 6.07) is 17.2. The second kappa shape index (κ2) is 9.59. The molecule has 0 saturated carbocycles. The summed E-state index contributed by atoms with van der Waals surface area (Å²) in [7, 11) is 0. The van der Waals surface area contributed by atoms with E-state index in [1.807, 2.05) is 44.2 Å². The third kappa shape index (κ3) is 6.39. The minimum Gasteiger partial charge on any atom is -0.326 e. The van der Waals surface area contributed by atoms with E-state index in [1.54, 1.807) is 24.3 Å². The van der Waals surface area contributed by atoms with Gasteiger partial charge in [-0.2, -0.15) is 0 Å². The SMILES string of the molecule is CCCC(=O)Nc1ccc(NC(=O)CNC(C)c2ccccc2)cc1. The van der Waals surface area contributed by atoms with Crippen LogP contribution in [0.3, 0.4) is 0 Å². The van der Waals surface area contributed by atoms with Gasteiger partial charge in [0, 0.05) is 23.8 Å². The highest BCUT2D eigenvalue weighted by Crippen LogP contribution is 2.14. The van der Waals surface area contributed by atoms with E-state index in [0.717, 1.165) is 17.7 Å². The molecule has 0 aromatic heterocycles. The van der Waals surface area contributed by atoms with Gasteiger partial charge < -0.3 is 16.0 Å². The van der Waals surface area contributed by atoms with Crippen molar-refractivity contribution in [2.24, 2.45) is 0 Å². The molecular weight excluding hydrogens is 314 g/mol. The Morgan fingerprint density at radius 1 is 0.880 bits per heavy atom. The molecule has 2 aromatic carbocycles. The molecule has 0 aliphatic rings. The first-order valence-electron chi connectivity index (χ1n) is 8.56. The molecule has 1 unspecified atom stereocenters. The molecule has 1 atom stereocenters. The normalized spacial score (nSPS) is 11.6. The maximum absolute atomic E-state index is 12.1. The second-order valence-corrected chi connectivity index (χ2v) is 5.94. The van der Waals surface area contributed by atoms with Gasteiger partial charge in [0.15, 0.2) is 0 Å². The van der Waals surface area contributed by atoms with E-state index in [9.17, 15) is 9.59 Å².